The molecule has 1 unspecified atom stereocenters. The van der Waals surface area contributed by atoms with E-state index >= 15 is 0 Å². The highest BCUT2D eigenvalue weighted by Gasteiger charge is 2.21. The molecule has 0 aromatic carbocycles. The van der Waals surface area contributed by atoms with E-state index in [0.717, 1.165) is 6.04 Å². The predicted octanol–water partition coefficient (Wildman–Crippen LogP) is 2.68. The molecule has 1 atom stereocenters. The summed E-state index contributed by atoms with van der Waals surface area (Å²) in [4.78, 5) is 0. The van der Waals surface area contributed by atoms with Gasteiger partial charge in [-0.1, -0.05) is 0 Å². The summed E-state index contributed by atoms with van der Waals surface area (Å²) in [6, 6.07) is 1.40. The minimum absolute atomic E-state index is 0.518. The Labute approximate surface area is 98.5 Å². The lowest BCUT2D eigenvalue weighted by Crippen LogP contribution is -2.40. The summed E-state index contributed by atoms with van der Waals surface area (Å²) in [7, 11) is 1.83. The van der Waals surface area contributed by atoms with E-state index in [1.54, 1.807) is 0 Å². The van der Waals surface area contributed by atoms with Gasteiger partial charge in [0.25, 0.3) is 0 Å². The molecule has 0 radical (unpaired) electrons. The van der Waals surface area contributed by atoms with Crippen LogP contribution in [0.15, 0.2) is 0 Å². The molecule has 0 aromatic rings. The number of methoxy groups -OCH3 is 1. The van der Waals surface area contributed by atoms with Crippen LogP contribution >= 0.6 is 11.8 Å². The molecule has 0 spiro atoms. The van der Waals surface area contributed by atoms with E-state index < -0.39 is 0 Å². The van der Waals surface area contributed by atoms with Crippen LogP contribution in [0.1, 0.15) is 39.0 Å². The Kier molecular flexibility index (Phi) is 6.69. The van der Waals surface area contributed by atoms with Gasteiger partial charge in [0, 0.05) is 19.2 Å². The van der Waals surface area contributed by atoms with E-state index in [0.29, 0.717) is 12.1 Å². The second-order valence-corrected chi connectivity index (χ2v) is 5.54. The van der Waals surface area contributed by atoms with Gasteiger partial charge < -0.3 is 10.1 Å². The molecule has 1 saturated carbocycles. The zero-order valence-electron chi connectivity index (χ0n) is 10.3. The van der Waals surface area contributed by atoms with Gasteiger partial charge in [0.05, 0.1) is 6.10 Å². The van der Waals surface area contributed by atoms with Crippen molar-refractivity contribution in [2.24, 2.45) is 0 Å². The third-order valence-electron chi connectivity index (χ3n) is 3.28. The van der Waals surface area contributed by atoms with E-state index in [2.05, 4.69) is 18.5 Å². The van der Waals surface area contributed by atoms with Crippen molar-refractivity contribution in [3.05, 3.63) is 0 Å². The minimum atomic E-state index is 0.518. The fraction of sp³-hybridized carbons (Fsp3) is 1.00. The molecule has 0 bridgehead atoms. The first kappa shape index (κ1) is 13.3. The summed E-state index contributed by atoms with van der Waals surface area (Å²) < 4.78 is 5.38. The lowest BCUT2D eigenvalue weighted by Gasteiger charge is -2.30. The van der Waals surface area contributed by atoms with E-state index in [-0.39, 0.29) is 0 Å². The molecule has 0 aliphatic heterocycles. The average Bonchev–Trinajstić information content (AvgIpc) is 2.27. The largest absolute Gasteiger partial charge is 0.381 e. The van der Waals surface area contributed by atoms with Crippen molar-refractivity contribution in [1.82, 2.24) is 5.32 Å². The molecule has 1 rings (SSSR count). The highest BCUT2D eigenvalue weighted by Crippen LogP contribution is 2.21. The fourth-order valence-corrected chi connectivity index (χ4v) is 2.83. The van der Waals surface area contributed by atoms with Gasteiger partial charge in [-0.05, 0) is 51.0 Å². The summed E-state index contributed by atoms with van der Waals surface area (Å²) in [5.41, 5.74) is 0. The normalized spacial score (nSPS) is 29.0. The molecule has 90 valence electrons. The maximum absolute atomic E-state index is 5.38. The Morgan fingerprint density at radius 3 is 2.53 bits per heavy atom. The van der Waals surface area contributed by atoms with Crippen LogP contribution in [-0.2, 0) is 4.74 Å². The van der Waals surface area contributed by atoms with Crippen LogP contribution in [0.3, 0.4) is 0 Å². The Balaban J connectivity index is 2.12. The number of ether oxygens (including phenoxy) is 1. The summed E-state index contributed by atoms with van der Waals surface area (Å²) in [6.45, 7) is 2.30. The second kappa shape index (κ2) is 7.53. The van der Waals surface area contributed by atoms with Crippen LogP contribution in [0.2, 0.25) is 0 Å². The van der Waals surface area contributed by atoms with Crippen molar-refractivity contribution in [3.63, 3.8) is 0 Å². The van der Waals surface area contributed by atoms with Crippen LogP contribution in [-0.4, -0.2) is 37.3 Å². The van der Waals surface area contributed by atoms with Crippen LogP contribution in [0.4, 0.5) is 0 Å². The lowest BCUT2D eigenvalue weighted by molar-refractivity contribution is 0.0613. The first-order chi connectivity index (χ1) is 7.26. The predicted molar refractivity (Wildman–Crippen MR) is 68.6 cm³/mol. The van der Waals surface area contributed by atoms with Crippen molar-refractivity contribution < 1.29 is 4.74 Å². The quantitative estimate of drug-likeness (QED) is 0.759. The maximum Gasteiger partial charge on any atom is 0.0572 e. The highest BCUT2D eigenvalue weighted by atomic mass is 32.2. The van der Waals surface area contributed by atoms with Gasteiger partial charge in [-0.2, -0.15) is 11.8 Å². The van der Waals surface area contributed by atoms with Crippen LogP contribution in [0, 0.1) is 0 Å². The van der Waals surface area contributed by atoms with Gasteiger partial charge >= 0.3 is 0 Å². The Morgan fingerprint density at radius 2 is 2.00 bits per heavy atom. The zero-order chi connectivity index (χ0) is 11.1. The third-order valence-corrected chi connectivity index (χ3v) is 3.93. The molecule has 1 aliphatic carbocycles. The number of hydrogen-bond acceptors (Lipinski definition) is 3. The standard InChI is InChI=1S/C12H25NOS/c1-10(8-9-15-3)13-11-4-6-12(14-2)7-5-11/h10-13H,4-9H2,1-3H3. The molecule has 15 heavy (non-hydrogen) atoms. The molecule has 1 aliphatic rings. The zero-order valence-corrected chi connectivity index (χ0v) is 11.1. The molecule has 1 N–H and O–H groups in total. The fourth-order valence-electron chi connectivity index (χ4n) is 2.25. The molecule has 3 heteroatoms. The topological polar surface area (TPSA) is 21.3 Å². The molecule has 1 fully saturated rings. The first-order valence-corrected chi connectivity index (χ1v) is 7.43. The third kappa shape index (κ3) is 5.23. The van der Waals surface area contributed by atoms with Crippen molar-refractivity contribution >= 4 is 11.8 Å². The van der Waals surface area contributed by atoms with Gasteiger partial charge in [-0.15, -0.1) is 0 Å². The lowest BCUT2D eigenvalue weighted by atomic mass is 9.92. The molecule has 0 aromatic heterocycles. The van der Waals surface area contributed by atoms with E-state index in [4.69, 9.17) is 4.74 Å². The SMILES string of the molecule is COC1CCC(NC(C)CCSC)CC1. The van der Waals surface area contributed by atoms with E-state index in [9.17, 15) is 0 Å². The second-order valence-electron chi connectivity index (χ2n) is 4.56. The van der Waals surface area contributed by atoms with Crippen molar-refractivity contribution in [2.45, 2.75) is 57.2 Å². The van der Waals surface area contributed by atoms with Crippen molar-refractivity contribution in [1.29, 1.82) is 0 Å². The molecule has 0 saturated heterocycles. The summed E-state index contributed by atoms with van der Waals surface area (Å²) >= 11 is 1.94. The van der Waals surface area contributed by atoms with Crippen LogP contribution in [0.25, 0.3) is 0 Å². The van der Waals surface area contributed by atoms with Gasteiger partial charge in [-0.3, -0.25) is 0 Å². The number of hydrogen-bond donors (Lipinski definition) is 1. The van der Waals surface area contributed by atoms with Crippen molar-refractivity contribution in [3.8, 4) is 0 Å². The van der Waals surface area contributed by atoms with Crippen LogP contribution < -0.4 is 5.32 Å². The maximum atomic E-state index is 5.38. The molecular formula is C12H25NOS. The minimum Gasteiger partial charge on any atom is -0.381 e. The van der Waals surface area contributed by atoms with E-state index in [1.807, 2.05) is 18.9 Å². The number of thioether (sulfide) groups is 1. The summed E-state index contributed by atoms with van der Waals surface area (Å²) in [5, 5.41) is 3.73. The summed E-state index contributed by atoms with van der Waals surface area (Å²) in [5.74, 6) is 1.27. The highest BCUT2D eigenvalue weighted by molar-refractivity contribution is 7.98. The average molecular weight is 231 g/mol. The van der Waals surface area contributed by atoms with Gasteiger partial charge in [-0.25, -0.2) is 0 Å². The Hall–Kier alpha value is 0.270. The van der Waals surface area contributed by atoms with Crippen molar-refractivity contribution in [2.75, 3.05) is 19.1 Å². The molecular weight excluding hydrogens is 206 g/mol. The molecule has 0 amide bonds. The number of nitrogens with one attached hydrogen (secondary N) is 1. The first-order valence-electron chi connectivity index (χ1n) is 6.04. The van der Waals surface area contributed by atoms with Gasteiger partial charge in [0.1, 0.15) is 0 Å². The van der Waals surface area contributed by atoms with Gasteiger partial charge in [0.2, 0.25) is 0 Å². The van der Waals surface area contributed by atoms with Gasteiger partial charge in [0.15, 0.2) is 0 Å². The molecule has 2 nitrogen and oxygen atoms in total. The Morgan fingerprint density at radius 1 is 1.33 bits per heavy atom. The monoisotopic (exact) mass is 231 g/mol. The Bertz CT molecular complexity index is 158. The number of rotatable bonds is 6. The molecule has 0 heterocycles. The van der Waals surface area contributed by atoms with E-state index in [1.165, 1.54) is 37.9 Å². The van der Waals surface area contributed by atoms with Crippen LogP contribution in [0.5, 0.6) is 0 Å². The smallest absolute Gasteiger partial charge is 0.0572 e. The summed E-state index contributed by atoms with van der Waals surface area (Å²) in [6.07, 6.45) is 8.99.